The van der Waals surface area contributed by atoms with Crippen molar-refractivity contribution in [1.29, 1.82) is 0 Å². The molecule has 0 unspecified atom stereocenters. The summed E-state index contributed by atoms with van der Waals surface area (Å²) < 4.78 is 10.5. The molecular formula is C11H21NO4. The van der Waals surface area contributed by atoms with Gasteiger partial charge >= 0.3 is 0 Å². The first-order valence-electron chi connectivity index (χ1n) is 5.34. The fourth-order valence-electron chi connectivity index (χ4n) is 0.839. The standard InChI is InChI=1S/C11H21NO4/c1-10(14)11(2,3)8-16-7-6-15-5-4-12-9-13/h9H,4-8H2,1-3H3,(H,12,13). The van der Waals surface area contributed by atoms with Gasteiger partial charge in [-0.3, -0.25) is 9.59 Å². The van der Waals surface area contributed by atoms with Crippen molar-refractivity contribution in [2.24, 2.45) is 5.41 Å². The van der Waals surface area contributed by atoms with E-state index < -0.39 is 5.41 Å². The van der Waals surface area contributed by atoms with Crippen molar-refractivity contribution in [3.05, 3.63) is 0 Å². The summed E-state index contributed by atoms with van der Waals surface area (Å²) in [6.45, 7) is 7.56. The van der Waals surface area contributed by atoms with Crippen molar-refractivity contribution in [1.82, 2.24) is 5.32 Å². The van der Waals surface area contributed by atoms with Gasteiger partial charge in [0, 0.05) is 12.0 Å². The second-order valence-corrected chi connectivity index (χ2v) is 4.18. The second kappa shape index (κ2) is 8.24. The van der Waals surface area contributed by atoms with E-state index in [0.717, 1.165) is 0 Å². The zero-order chi connectivity index (χ0) is 12.4. The summed E-state index contributed by atoms with van der Waals surface area (Å²) >= 11 is 0. The summed E-state index contributed by atoms with van der Waals surface area (Å²) in [4.78, 5) is 21.0. The van der Waals surface area contributed by atoms with E-state index in [9.17, 15) is 9.59 Å². The lowest BCUT2D eigenvalue weighted by Gasteiger charge is -2.20. The molecule has 1 N–H and O–H groups in total. The predicted molar refractivity (Wildman–Crippen MR) is 60.2 cm³/mol. The molecule has 0 atom stereocenters. The van der Waals surface area contributed by atoms with Gasteiger partial charge in [-0.2, -0.15) is 0 Å². The summed E-state index contributed by atoms with van der Waals surface area (Å²) in [5, 5.41) is 2.49. The summed E-state index contributed by atoms with van der Waals surface area (Å²) in [5.74, 6) is 0.114. The number of amides is 1. The van der Waals surface area contributed by atoms with Gasteiger partial charge < -0.3 is 14.8 Å². The third kappa shape index (κ3) is 7.36. The number of nitrogens with one attached hydrogen (secondary N) is 1. The van der Waals surface area contributed by atoms with Crippen LogP contribution < -0.4 is 5.32 Å². The van der Waals surface area contributed by atoms with Gasteiger partial charge in [0.15, 0.2) is 0 Å². The lowest BCUT2D eigenvalue weighted by Crippen LogP contribution is -2.28. The highest BCUT2D eigenvalue weighted by molar-refractivity contribution is 5.81. The van der Waals surface area contributed by atoms with Crippen LogP contribution in [0.3, 0.4) is 0 Å². The molecule has 0 aromatic heterocycles. The van der Waals surface area contributed by atoms with Crippen LogP contribution >= 0.6 is 0 Å². The third-order valence-corrected chi connectivity index (χ3v) is 2.26. The SMILES string of the molecule is CC(=O)C(C)(C)COCCOCCNC=O. The molecular weight excluding hydrogens is 210 g/mol. The van der Waals surface area contributed by atoms with Crippen molar-refractivity contribution in [3.8, 4) is 0 Å². The average molecular weight is 231 g/mol. The van der Waals surface area contributed by atoms with Crippen LogP contribution in [0.1, 0.15) is 20.8 Å². The number of hydrogen-bond donors (Lipinski definition) is 1. The van der Waals surface area contributed by atoms with E-state index in [1.54, 1.807) is 6.92 Å². The van der Waals surface area contributed by atoms with Gasteiger partial charge in [-0.15, -0.1) is 0 Å². The molecule has 94 valence electrons. The molecule has 0 aromatic rings. The minimum atomic E-state index is -0.431. The fourth-order valence-corrected chi connectivity index (χ4v) is 0.839. The monoisotopic (exact) mass is 231 g/mol. The molecule has 0 radical (unpaired) electrons. The Morgan fingerprint density at radius 1 is 1.25 bits per heavy atom. The number of carbonyl (C=O) groups excluding carboxylic acids is 2. The topological polar surface area (TPSA) is 64.6 Å². The predicted octanol–water partition coefficient (Wildman–Crippen LogP) is 0.381. The number of hydrogen-bond acceptors (Lipinski definition) is 4. The Kier molecular flexibility index (Phi) is 7.76. The van der Waals surface area contributed by atoms with Gasteiger partial charge in [-0.05, 0) is 6.92 Å². The van der Waals surface area contributed by atoms with Crippen molar-refractivity contribution in [2.75, 3.05) is 33.0 Å². The molecule has 0 fully saturated rings. The minimum absolute atomic E-state index is 0.114. The molecule has 0 saturated heterocycles. The maximum absolute atomic E-state index is 11.2. The largest absolute Gasteiger partial charge is 0.378 e. The zero-order valence-corrected chi connectivity index (χ0v) is 10.2. The number of ketones is 1. The lowest BCUT2D eigenvalue weighted by atomic mass is 9.90. The van der Waals surface area contributed by atoms with Gasteiger partial charge in [0.05, 0.1) is 26.4 Å². The Labute approximate surface area is 96.5 Å². The van der Waals surface area contributed by atoms with E-state index in [1.807, 2.05) is 13.8 Å². The summed E-state index contributed by atoms with van der Waals surface area (Å²) in [7, 11) is 0. The molecule has 0 aromatic carbocycles. The quantitative estimate of drug-likeness (QED) is 0.436. The molecule has 0 bridgehead atoms. The minimum Gasteiger partial charge on any atom is -0.378 e. The Balaban J connectivity index is 3.33. The maximum Gasteiger partial charge on any atom is 0.207 e. The highest BCUT2D eigenvalue weighted by atomic mass is 16.5. The normalized spacial score (nSPS) is 11.2. The Bertz CT molecular complexity index is 216. The van der Waals surface area contributed by atoms with Crippen LogP contribution in [0.25, 0.3) is 0 Å². The average Bonchev–Trinajstić information content (AvgIpc) is 2.21. The molecule has 0 aliphatic heterocycles. The smallest absolute Gasteiger partial charge is 0.207 e. The first-order chi connectivity index (χ1) is 7.50. The first-order valence-corrected chi connectivity index (χ1v) is 5.34. The van der Waals surface area contributed by atoms with Crippen LogP contribution in [0.2, 0.25) is 0 Å². The Morgan fingerprint density at radius 2 is 1.88 bits per heavy atom. The second-order valence-electron chi connectivity index (χ2n) is 4.18. The number of rotatable bonds is 10. The van der Waals surface area contributed by atoms with Crippen LogP contribution in [0, 0.1) is 5.41 Å². The van der Waals surface area contributed by atoms with Crippen molar-refractivity contribution in [3.63, 3.8) is 0 Å². The van der Waals surface area contributed by atoms with E-state index in [1.165, 1.54) is 0 Å². The number of Topliss-reactive ketones (excluding diaryl/α,β-unsaturated/α-hetero) is 1. The van der Waals surface area contributed by atoms with Crippen LogP contribution in [0.15, 0.2) is 0 Å². The van der Waals surface area contributed by atoms with Gasteiger partial charge in [0.1, 0.15) is 5.78 Å². The zero-order valence-electron chi connectivity index (χ0n) is 10.2. The Morgan fingerprint density at radius 3 is 2.44 bits per heavy atom. The van der Waals surface area contributed by atoms with E-state index in [2.05, 4.69) is 5.32 Å². The third-order valence-electron chi connectivity index (χ3n) is 2.26. The molecule has 0 aliphatic carbocycles. The highest BCUT2D eigenvalue weighted by Crippen LogP contribution is 2.16. The van der Waals surface area contributed by atoms with Crippen LogP contribution in [-0.2, 0) is 19.1 Å². The van der Waals surface area contributed by atoms with Gasteiger partial charge in [0.25, 0.3) is 0 Å². The molecule has 0 spiro atoms. The van der Waals surface area contributed by atoms with E-state index >= 15 is 0 Å². The van der Waals surface area contributed by atoms with Crippen LogP contribution in [0.4, 0.5) is 0 Å². The fraction of sp³-hybridized carbons (Fsp3) is 0.818. The van der Waals surface area contributed by atoms with Gasteiger partial charge in [-0.25, -0.2) is 0 Å². The number of ether oxygens (including phenoxy) is 2. The van der Waals surface area contributed by atoms with Crippen LogP contribution in [-0.4, -0.2) is 45.2 Å². The summed E-state index contributed by atoms with van der Waals surface area (Å²) in [6, 6.07) is 0. The van der Waals surface area contributed by atoms with Gasteiger partial charge in [-0.1, -0.05) is 13.8 Å². The molecule has 5 heteroatoms. The van der Waals surface area contributed by atoms with Crippen molar-refractivity contribution < 1.29 is 19.1 Å². The van der Waals surface area contributed by atoms with Gasteiger partial charge in [0.2, 0.25) is 6.41 Å². The van der Waals surface area contributed by atoms with Crippen molar-refractivity contribution in [2.45, 2.75) is 20.8 Å². The molecule has 0 rings (SSSR count). The van der Waals surface area contributed by atoms with Crippen molar-refractivity contribution >= 4 is 12.2 Å². The van der Waals surface area contributed by atoms with Crippen LogP contribution in [0.5, 0.6) is 0 Å². The first kappa shape index (κ1) is 15.1. The lowest BCUT2D eigenvalue weighted by molar-refractivity contribution is -0.128. The molecule has 0 aliphatic rings. The maximum atomic E-state index is 11.2. The summed E-state index contributed by atoms with van der Waals surface area (Å²) in [6.07, 6.45) is 0.634. The Hall–Kier alpha value is -0.940. The molecule has 16 heavy (non-hydrogen) atoms. The molecule has 5 nitrogen and oxygen atoms in total. The van der Waals surface area contributed by atoms with E-state index in [-0.39, 0.29) is 5.78 Å². The van der Waals surface area contributed by atoms with E-state index in [0.29, 0.717) is 39.4 Å². The van der Waals surface area contributed by atoms with E-state index in [4.69, 9.17) is 9.47 Å². The molecule has 0 heterocycles. The molecule has 1 amide bonds. The molecule has 0 saturated carbocycles. The summed E-state index contributed by atoms with van der Waals surface area (Å²) in [5.41, 5.74) is -0.431. The number of carbonyl (C=O) groups is 2. The highest BCUT2D eigenvalue weighted by Gasteiger charge is 2.23.